The minimum Gasteiger partial charge on any atom is -0.143 e. The van der Waals surface area contributed by atoms with Crippen molar-refractivity contribution < 1.29 is 0 Å². The van der Waals surface area contributed by atoms with Gasteiger partial charge in [0.25, 0.3) is 0 Å². The summed E-state index contributed by atoms with van der Waals surface area (Å²) < 4.78 is 0. The van der Waals surface area contributed by atoms with Gasteiger partial charge in [-0.25, -0.2) is 0 Å². The van der Waals surface area contributed by atoms with E-state index in [1.54, 1.807) is 16.0 Å². The minimum absolute atomic E-state index is 0.299. The van der Waals surface area contributed by atoms with Crippen LogP contribution in [-0.2, 0) is 5.41 Å². The van der Waals surface area contributed by atoms with Crippen LogP contribution in [0.4, 0.5) is 0 Å². The fourth-order valence-corrected chi connectivity index (χ4v) is 5.54. The summed E-state index contributed by atoms with van der Waals surface area (Å²) in [6.45, 7) is 4.62. The molecule has 0 unspecified atom stereocenters. The summed E-state index contributed by atoms with van der Waals surface area (Å²) in [5, 5.41) is 2.31. The molecule has 1 aromatic carbocycles. The second kappa shape index (κ2) is 8.34. The SMILES string of the molecule is CCCCCCC1(CCCCCC)c2ccccc2-c2sccc21. The molecule has 24 heavy (non-hydrogen) atoms. The Morgan fingerprint density at radius 3 is 2.08 bits per heavy atom. The number of unbranched alkanes of at least 4 members (excludes halogenated alkanes) is 6. The molecule has 1 aliphatic rings. The van der Waals surface area contributed by atoms with Gasteiger partial charge in [0.05, 0.1) is 0 Å². The van der Waals surface area contributed by atoms with Crippen molar-refractivity contribution in [1.29, 1.82) is 0 Å². The summed E-state index contributed by atoms with van der Waals surface area (Å²) in [6, 6.07) is 11.7. The van der Waals surface area contributed by atoms with Gasteiger partial charge in [0, 0.05) is 10.3 Å². The van der Waals surface area contributed by atoms with Gasteiger partial charge in [0.1, 0.15) is 0 Å². The van der Waals surface area contributed by atoms with Crippen molar-refractivity contribution in [2.45, 2.75) is 83.5 Å². The van der Waals surface area contributed by atoms with Gasteiger partial charge < -0.3 is 0 Å². The summed E-state index contributed by atoms with van der Waals surface area (Å²) in [4.78, 5) is 1.55. The van der Waals surface area contributed by atoms with Crippen molar-refractivity contribution in [2.75, 3.05) is 0 Å². The summed E-state index contributed by atoms with van der Waals surface area (Å²) in [5.74, 6) is 0. The van der Waals surface area contributed by atoms with E-state index in [1.807, 2.05) is 11.3 Å². The number of hydrogen-bond acceptors (Lipinski definition) is 1. The molecule has 2 aromatic rings. The molecule has 0 radical (unpaired) electrons. The molecule has 0 spiro atoms. The van der Waals surface area contributed by atoms with Crippen molar-refractivity contribution in [3.05, 3.63) is 46.8 Å². The van der Waals surface area contributed by atoms with Crippen LogP contribution in [-0.4, -0.2) is 0 Å². The Kier molecular flexibility index (Phi) is 6.16. The lowest BCUT2D eigenvalue weighted by atomic mass is 9.71. The van der Waals surface area contributed by atoms with Crippen LogP contribution in [0.25, 0.3) is 10.4 Å². The van der Waals surface area contributed by atoms with E-state index in [2.05, 4.69) is 49.6 Å². The Hall–Kier alpha value is -1.08. The van der Waals surface area contributed by atoms with Gasteiger partial charge in [-0.3, -0.25) is 0 Å². The number of rotatable bonds is 10. The zero-order valence-corrected chi connectivity index (χ0v) is 16.3. The smallest absolute Gasteiger partial charge is 0.0386 e. The van der Waals surface area contributed by atoms with Crippen LogP contribution in [0.5, 0.6) is 0 Å². The number of thiophene rings is 1. The lowest BCUT2D eigenvalue weighted by Gasteiger charge is -2.32. The van der Waals surface area contributed by atoms with Crippen molar-refractivity contribution in [2.24, 2.45) is 0 Å². The van der Waals surface area contributed by atoms with E-state index in [0.717, 1.165) is 0 Å². The predicted molar refractivity (Wildman–Crippen MR) is 108 cm³/mol. The molecule has 1 heteroatoms. The van der Waals surface area contributed by atoms with Crippen LogP contribution in [0.15, 0.2) is 35.7 Å². The zero-order chi connectivity index (χ0) is 16.8. The molecule has 1 aromatic heterocycles. The average Bonchev–Trinajstić information content (AvgIpc) is 3.18. The third kappa shape index (κ3) is 3.33. The second-order valence-corrected chi connectivity index (χ2v) is 8.33. The summed E-state index contributed by atoms with van der Waals surface area (Å²) >= 11 is 1.94. The summed E-state index contributed by atoms with van der Waals surface area (Å²) in [6.07, 6.45) is 13.6. The molecular weight excluding hydrogens is 308 g/mol. The standard InChI is InChI=1S/C23H32S/c1-3-5-7-11-16-23(17-12-8-6-4-2)20-14-10-9-13-19(20)22-21(23)15-18-24-22/h9-10,13-15,18H,3-8,11-12,16-17H2,1-2H3. The highest BCUT2D eigenvalue weighted by Crippen LogP contribution is 2.55. The topological polar surface area (TPSA) is 0 Å². The van der Waals surface area contributed by atoms with Crippen molar-refractivity contribution in [3.63, 3.8) is 0 Å². The highest BCUT2D eigenvalue weighted by Gasteiger charge is 2.42. The molecular formula is C23H32S. The van der Waals surface area contributed by atoms with Crippen molar-refractivity contribution in [3.8, 4) is 10.4 Å². The number of hydrogen-bond donors (Lipinski definition) is 0. The van der Waals surface area contributed by atoms with E-state index in [9.17, 15) is 0 Å². The molecule has 0 bridgehead atoms. The molecule has 1 heterocycles. The largest absolute Gasteiger partial charge is 0.143 e. The Balaban J connectivity index is 1.89. The highest BCUT2D eigenvalue weighted by atomic mass is 32.1. The second-order valence-electron chi connectivity index (χ2n) is 7.41. The van der Waals surface area contributed by atoms with Gasteiger partial charge >= 0.3 is 0 Å². The molecule has 3 rings (SSSR count). The van der Waals surface area contributed by atoms with Gasteiger partial charge in [-0.15, -0.1) is 11.3 Å². The molecule has 0 aliphatic heterocycles. The molecule has 0 amide bonds. The lowest BCUT2D eigenvalue weighted by Crippen LogP contribution is -2.25. The molecule has 130 valence electrons. The quantitative estimate of drug-likeness (QED) is 0.385. The van der Waals surface area contributed by atoms with Gasteiger partial charge in [-0.1, -0.05) is 89.5 Å². The maximum atomic E-state index is 2.43. The first-order valence-electron chi connectivity index (χ1n) is 10.0. The van der Waals surface area contributed by atoms with E-state index < -0.39 is 0 Å². The lowest BCUT2D eigenvalue weighted by molar-refractivity contribution is 0.401. The Morgan fingerprint density at radius 1 is 0.750 bits per heavy atom. The van der Waals surface area contributed by atoms with Crippen LogP contribution >= 0.6 is 11.3 Å². The molecule has 0 fully saturated rings. The van der Waals surface area contributed by atoms with Crippen LogP contribution in [0, 0.1) is 0 Å². The van der Waals surface area contributed by atoms with Crippen LogP contribution in [0.3, 0.4) is 0 Å². The fraction of sp³-hybridized carbons (Fsp3) is 0.565. The Bertz CT molecular complexity index is 625. The number of fused-ring (bicyclic) bond motifs is 3. The van der Waals surface area contributed by atoms with E-state index in [4.69, 9.17) is 0 Å². The summed E-state index contributed by atoms with van der Waals surface area (Å²) in [5.41, 5.74) is 5.09. The van der Waals surface area contributed by atoms with Gasteiger partial charge in [-0.05, 0) is 41.0 Å². The van der Waals surface area contributed by atoms with Gasteiger partial charge in [-0.2, -0.15) is 0 Å². The Morgan fingerprint density at radius 2 is 1.42 bits per heavy atom. The molecule has 0 N–H and O–H groups in total. The van der Waals surface area contributed by atoms with Crippen LogP contribution in [0.1, 0.15) is 89.2 Å². The third-order valence-electron chi connectivity index (χ3n) is 5.78. The van der Waals surface area contributed by atoms with Crippen LogP contribution < -0.4 is 0 Å². The van der Waals surface area contributed by atoms with Gasteiger partial charge in [0.15, 0.2) is 0 Å². The van der Waals surface area contributed by atoms with E-state index in [-0.39, 0.29) is 0 Å². The van der Waals surface area contributed by atoms with Crippen molar-refractivity contribution in [1.82, 2.24) is 0 Å². The average molecular weight is 341 g/mol. The molecule has 0 saturated heterocycles. The molecule has 0 atom stereocenters. The fourth-order valence-electron chi connectivity index (χ4n) is 4.51. The maximum absolute atomic E-state index is 2.43. The minimum atomic E-state index is 0.299. The third-order valence-corrected chi connectivity index (χ3v) is 6.73. The van der Waals surface area contributed by atoms with E-state index >= 15 is 0 Å². The normalized spacial score (nSPS) is 14.6. The first-order chi connectivity index (χ1) is 11.8. The first-order valence-corrected chi connectivity index (χ1v) is 10.9. The molecule has 0 nitrogen and oxygen atoms in total. The zero-order valence-electron chi connectivity index (χ0n) is 15.4. The predicted octanol–water partition coefficient (Wildman–Crippen LogP) is 7.96. The van der Waals surface area contributed by atoms with Crippen molar-refractivity contribution >= 4 is 11.3 Å². The number of benzene rings is 1. The van der Waals surface area contributed by atoms with E-state index in [1.165, 1.54) is 69.8 Å². The maximum Gasteiger partial charge on any atom is 0.0386 e. The molecule has 1 aliphatic carbocycles. The Labute approximate surface area is 152 Å². The monoisotopic (exact) mass is 340 g/mol. The van der Waals surface area contributed by atoms with Gasteiger partial charge in [0.2, 0.25) is 0 Å². The first kappa shape index (κ1) is 17.7. The van der Waals surface area contributed by atoms with E-state index in [0.29, 0.717) is 5.41 Å². The molecule has 0 saturated carbocycles. The van der Waals surface area contributed by atoms with Crippen LogP contribution in [0.2, 0.25) is 0 Å². The summed E-state index contributed by atoms with van der Waals surface area (Å²) in [7, 11) is 0. The highest BCUT2D eigenvalue weighted by molar-refractivity contribution is 7.13.